The molecule has 1 saturated heterocycles. The Morgan fingerprint density at radius 1 is 1.33 bits per heavy atom. The molecule has 1 aromatic carbocycles. The van der Waals surface area contributed by atoms with Crippen LogP contribution in [-0.4, -0.2) is 51.7 Å². The standard InChI is InChI=1S/C14H22NO.FHO3S/c1-15(2)9-8-13(11-15)10-12-4-6-14(16-3)7-5-12;1-5(2,3)4/h4-7,13H,8-11H2,1-3H3;(H,2,3,4)/q+1;/p-1/t13-;/m1./s1. The first kappa shape index (κ1) is 17.9. The number of benzene rings is 1. The van der Waals surface area contributed by atoms with Crippen molar-refractivity contribution in [2.45, 2.75) is 12.8 Å². The number of likely N-dealkylation sites (tertiary alicyclic amines) is 1. The van der Waals surface area contributed by atoms with Gasteiger partial charge in [0.1, 0.15) is 5.75 Å². The number of hydrogen-bond donors (Lipinski definition) is 0. The summed E-state index contributed by atoms with van der Waals surface area (Å²) in [6, 6.07) is 8.50. The predicted octanol–water partition coefficient (Wildman–Crippen LogP) is 1.75. The van der Waals surface area contributed by atoms with Crippen molar-refractivity contribution in [1.82, 2.24) is 0 Å². The van der Waals surface area contributed by atoms with Crippen molar-refractivity contribution in [2.75, 3.05) is 34.3 Å². The molecular weight excluding hydrogens is 297 g/mol. The molecule has 1 aliphatic rings. The number of halogens is 1. The summed E-state index contributed by atoms with van der Waals surface area (Å²) in [6.07, 6.45) is 2.57. The zero-order valence-electron chi connectivity index (χ0n) is 12.6. The minimum atomic E-state index is -5.42. The molecule has 2 rings (SSSR count). The van der Waals surface area contributed by atoms with Gasteiger partial charge in [0.25, 0.3) is 10.5 Å². The van der Waals surface area contributed by atoms with Gasteiger partial charge in [0, 0.05) is 12.3 Å². The van der Waals surface area contributed by atoms with Gasteiger partial charge < -0.3 is 13.8 Å². The van der Waals surface area contributed by atoms with Crippen LogP contribution < -0.4 is 4.74 Å². The smallest absolute Gasteiger partial charge is 0.255 e. The van der Waals surface area contributed by atoms with Gasteiger partial charge in [0.15, 0.2) is 0 Å². The maximum Gasteiger partial charge on any atom is 0.255 e. The van der Waals surface area contributed by atoms with Crippen molar-refractivity contribution in [3.8, 4) is 5.75 Å². The Kier molecular flexibility index (Phi) is 6.12. The van der Waals surface area contributed by atoms with Crippen LogP contribution in [0.25, 0.3) is 0 Å². The fraction of sp³-hybridized carbons (Fsp3) is 0.571. The lowest BCUT2D eigenvalue weighted by Crippen LogP contribution is -2.36. The minimum Gasteiger partial charge on any atom is -0.722 e. The highest BCUT2D eigenvalue weighted by molar-refractivity contribution is 7.80. The molecular formula is C14H22FNO4S. The van der Waals surface area contributed by atoms with Gasteiger partial charge in [0.05, 0.1) is 34.3 Å². The Morgan fingerprint density at radius 2 is 1.86 bits per heavy atom. The Hall–Kier alpha value is -1.18. The Labute approximate surface area is 126 Å². The van der Waals surface area contributed by atoms with Crippen LogP contribution in [0.5, 0.6) is 5.75 Å². The van der Waals surface area contributed by atoms with E-state index in [1.54, 1.807) is 7.11 Å². The molecule has 0 amide bonds. The molecule has 0 aliphatic carbocycles. The van der Waals surface area contributed by atoms with Crippen LogP contribution in [-0.2, 0) is 16.9 Å². The fourth-order valence-electron chi connectivity index (χ4n) is 2.68. The van der Waals surface area contributed by atoms with Crippen LogP contribution in [0, 0.1) is 5.92 Å². The summed E-state index contributed by atoms with van der Waals surface area (Å²) >= 11 is 0. The second kappa shape index (κ2) is 7.20. The van der Waals surface area contributed by atoms with Crippen molar-refractivity contribution in [3.05, 3.63) is 29.8 Å². The lowest BCUT2D eigenvalue weighted by Gasteiger charge is -2.23. The molecule has 7 heteroatoms. The summed E-state index contributed by atoms with van der Waals surface area (Å²) in [5.74, 6) is 1.80. The molecule has 0 saturated carbocycles. The monoisotopic (exact) mass is 319 g/mol. The molecule has 1 aliphatic heterocycles. The van der Waals surface area contributed by atoms with Crippen LogP contribution in [0.2, 0.25) is 0 Å². The molecule has 21 heavy (non-hydrogen) atoms. The second-order valence-electron chi connectivity index (χ2n) is 5.94. The first-order valence-electron chi connectivity index (χ1n) is 6.69. The van der Waals surface area contributed by atoms with Gasteiger partial charge >= 0.3 is 0 Å². The van der Waals surface area contributed by atoms with Crippen LogP contribution >= 0.6 is 0 Å². The van der Waals surface area contributed by atoms with Crippen molar-refractivity contribution in [1.29, 1.82) is 0 Å². The second-order valence-corrected chi connectivity index (χ2v) is 6.73. The summed E-state index contributed by atoms with van der Waals surface area (Å²) in [6.45, 7) is 2.63. The van der Waals surface area contributed by atoms with Crippen molar-refractivity contribution in [2.24, 2.45) is 5.92 Å². The van der Waals surface area contributed by atoms with E-state index in [0.717, 1.165) is 11.7 Å². The average Bonchev–Trinajstić information content (AvgIpc) is 2.67. The third kappa shape index (κ3) is 7.99. The van der Waals surface area contributed by atoms with Gasteiger partial charge in [-0.2, -0.15) is 0 Å². The van der Waals surface area contributed by atoms with E-state index in [9.17, 15) is 3.89 Å². The molecule has 5 nitrogen and oxygen atoms in total. The van der Waals surface area contributed by atoms with E-state index in [4.69, 9.17) is 17.7 Å². The SMILES string of the molecule is COc1ccc(C[C@H]2CC[N+](C)(C)C2)cc1.O=S(=O)([O-])F. The third-order valence-corrected chi connectivity index (χ3v) is 3.58. The van der Waals surface area contributed by atoms with E-state index < -0.39 is 10.5 Å². The highest BCUT2D eigenvalue weighted by Gasteiger charge is 2.30. The topological polar surface area (TPSA) is 66.4 Å². The predicted molar refractivity (Wildman–Crippen MR) is 77.5 cm³/mol. The summed E-state index contributed by atoms with van der Waals surface area (Å²) in [7, 11) is 0.952. The zero-order chi connectivity index (χ0) is 16.1. The Balaban J connectivity index is 0.000000383. The van der Waals surface area contributed by atoms with Crippen LogP contribution in [0.4, 0.5) is 3.89 Å². The molecule has 1 atom stereocenters. The lowest BCUT2D eigenvalue weighted by molar-refractivity contribution is -0.879. The highest BCUT2D eigenvalue weighted by atomic mass is 32.3. The van der Waals surface area contributed by atoms with Crippen LogP contribution in [0.1, 0.15) is 12.0 Å². The molecule has 0 radical (unpaired) electrons. The first-order valence-corrected chi connectivity index (χ1v) is 8.00. The molecule has 0 aromatic heterocycles. The van der Waals surface area contributed by atoms with Gasteiger partial charge in [-0.1, -0.05) is 12.1 Å². The summed E-state index contributed by atoms with van der Waals surface area (Å²) in [4.78, 5) is 0. The van der Waals surface area contributed by atoms with E-state index in [2.05, 4.69) is 38.4 Å². The maximum absolute atomic E-state index is 10.1. The lowest BCUT2D eigenvalue weighted by atomic mass is 9.99. The van der Waals surface area contributed by atoms with E-state index >= 15 is 0 Å². The largest absolute Gasteiger partial charge is 0.722 e. The third-order valence-electron chi connectivity index (χ3n) is 3.58. The minimum absolute atomic E-state index is 0.850. The summed E-state index contributed by atoms with van der Waals surface area (Å²) < 4.78 is 41.7. The van der Waals surface area contributed by atoms with Crippen LogP contribution in [0.3, 0.4) is 0 Å². The Bertz CT molecular complexity index is 535. The molecule has 120 valence electrons. The summed E-state index contributed by atoms with van der Waals surface area (Å²) in [5.41, 5.74) is 1.44. The van der Waals surface area contributed by atoms with Crippen molar-refractivity contribution in [3.63, 3.8) is 0 Å². The van der Waals surface area contributed by atoms with Gasteiger partial charge in [0.2, 0.25) is 0 Å². The summed E-state index contributed by atoms with van der Waals surface area (Å²) in [5, 5.41) is 0. The number of quaternary nitrogens is 1. The number of nitrogens with zero attached hydrogens (tertiary/aromatic N) is 1. The molecule has 0 N–H and O–H groups in total. The van der Waals surface area contributed by atoms with Gasteiger partial charge in [-0.25, -0.2) is 8.42 Å². The average molecular weight is 319 g/mol. The van der Waals surface area contributed by atoms with Crippen LogP contribution in [0.15, 0.2) is 24.3 Å². The molecule has 1 fully saturated rings. The maximum atomic E-state index is 10.1. The number of ether oxygens (including phenoxy) is 1. The quantitative estimate of drug-likeness (QED) is 0.484. The van der Waals surface area contributed by atoms with Gasteiger partial charge in [-0.05, 0) is 24.1 Å². The molecule has 0 bridgehead atoms. The number of methoxy groups -OCH3 is 1. The highest BCUT2D eigenvalue weighted by Crippen LogP contribution is 2.24. The van der Waals surface area contributed by atoms with E-state index in [0.29, 0.717) is 0 Å². The Morgan fingerprint density at radius 3 is 2.24 bits per heavy atom. The fourth-order valence-corrected chi connectivity index (χ4v) is 2.68. The number of rotatable bonds is 3. The van der Waals surface area contributed by atoms with Crippen molar-refractivity contribution < 1.29 is 26.1 Å². The van der Waals surface area contributed by atoms with E-state index in [1.165, 1.54) is 36.0 Å². The molecule has 0 spiro atoms. The number of hydrogen-bond acceptors (Lipinski definition) is 4. The van der Waals surface area contributed by atoms with E-state index in [-0.39, 0.29) is 0 Å². The normalized spacial score (nSPS) is 20.5. The van der Waals surface area contributed by atoms with E-state index in [1.807, 2.05) is 0 Å². The van der Waals surface area contributed by atoms with Gasteiger partial charge in [-0.15, -0.1) is 3.89 Å². The van der Waals surface area contributed by atoms with Gasteiger partial charge in [-0.3, -0.25) is 0 Å². The first-order chi connectivity index (χ1) is 9.59. The van der Waals surface area contributed by atoms with Crippen molar-refractivity contribution >= 4 is 10.5 Å². The molecule has 1 aromatic rings. The molecule has 1 heterocycles. The molecule has 0 unspecified atom stereocenters. The zero-order valence-corrected chi connectivity index (χ0v) is 13.4.